The molecular weight excluding hydrogens is 363 g/mol. The largest absolute Gasteiger partial charge is 0.479 e. The third-order valence-electron chi connectivity index (χ3n) is 3.59. The van der Waals surface area contributed by atoms with Crippen molar-refractivity contribution in [1.29, 1.82) is 5.26 Å². The lowest BCUT2D eigenvalue weighted by molar-refractivity contribution is -0.154. The first-order valence-corrected chi connectivity index (χ1v) is 7.72. The number of fused-ring (bicyclic) bond motifs is 1. The van der Waals surface area contributed by atoms with Crippen molar-refractivity contribution in [3.8, 4) is 23.3 Å². The Labute approximate surface area is 151 Å². The number of nitrogens with zero attached hydrogens (tertiary/aromatic N) is 1. The molecule has 0 atom stereocenters. The predicted octanol–water partition coefficient (Wildman–Crippen LogP) is 4.81. The molecule has 138 valence electrons. The Morgan fingerprint density at radius 2 is 1.93 bits per heavy atom. The van der Waals surface area contributed by atoms with E-state index in [1.807, 2.05) is 0 Å². The highest BCUT2D eigenvalue weighted by molar-refractivity contribution is 5.79. The van der Waals surface area contributed by atoms with E-state index in [4.69, 9.17) is 19.2 Å². The molecule has 27 heavy (non-hydrogen) atoms. The maximum Gasteiger partial charge on any atom is 0.453 e. The molecule has 2 aromatic carbocycles. The minimum atomic E-state index is -4.95. The van der Waals surface area contributed by atoms with Crippen LogP contribution >= 0.6 is 0 Å². The fraction of sp³-hybridized carbons (Fsp3) is 0.158. The van der Waals surface area contributed by atoms with Gasteiger partial charge in [-0.1, -0.05) is 12.1 Å². The SMILES string of the molecule is Cc1cccc(Oc2c(C(F)(F)F)oc3cc(OCC#N)ccc3c2=O)c1. The molecule has 0 saturated carbocycles. The van der Waals surface area contributed by atoms with Gasteiger partial charge in [0.15, 0.2) is 6.61 Å². The third kappa shape index (κ3) is 3.87. The van der Waals surface area contributed by atoms with Crippen molar-refractivity contribution in [2.45, 2.75) is 13.1 Å². The summed E-state index contributed by atoms with van der Waals surface area (Å²) in [6.45, 7) is 1.44. The molecule has 0 aliphatic carbocycles. The Kier molecular flexibility index (Phi) is 4.77. The lowest BCUT2D eigenvalue weighted by atomic mass is 10.2. The first kappa shape index (κ1) is 18.3. The van der Waals surface area contributed by atoms with E-state index in [1.165, 1.54) is 24.3 Å². The fourth-order valence-corrected chi connectivity index (χ4v) is 2.44. The molecule has 0 radical (unpaired) electrons. The van der Waals surface area contributed by atoms with Gasteiger partial charge in [0.1, 0.15) is 23.2 Å². The van der Waals surface area contributed by atoms with E-state index < -0.39 is 23.1 Å². The second-order valence-corrected chi connectivity index (χ2v) is 5.61. The number of alkyl halides is 3. The summed E-state index contributed by atoms with van der Waals surface area (Å²) in [5, 5.41) is 8.42. The fourth-order valence-electron chi connectivity index (χ4n) is 2.44. The molecule has 0 unspecified atom stereocenters. The molecule has 0 aliphatic heterocycles. The molecule has 1 heterocycles. The van der Waals surface area contributed by atoms with Crippen LogP contribution in [0.2, 0.25) is 0 Å². The first-order valence-electron chi connectivity index (χ1n) is 7.72. The summed E-state index contributed by atoms with van der Waals surface area (Å²) in [4.78, 5) is 12.6. The van der Waals surface area contributed by atoms with Gasteiger partial charge in [-0.25, -0.2) is 0 Å². The molecule has 3 aromatic rings. The molecule has 0 spiro atoms. The Bertz CT molecular complexity index is 1100. The van der Waals surface area contributed by atoms with Gasteiger partial charge < -0.3 is 13.9 Å². The van der Waals surface area contributed by atoms with E-state index in [2.05, 4.69) is 0 Å². The van der Waals surface area contributed by atoms with Gasteiger partial charge in [-0.3, -0.25) is 4.79 Å². The molecule has 0 aliphatic rings. The van der Waals surface area contributed by atoms with Gasteiger partial charge in [0, 0.05) is 6.07 Å². The topological polar surface area (TPSA) is 72.5 Å². The van der Waals surface area contributed by atoms with Crippen LogP contribution in [-0.4, -0.2) is 6.61 Å². The number of hydrogen-bond acceptors (Lipinski definition) is 5. The van der Waals surface area contributed by atoms with E-state index in [-0.39, 0.29) is 29.1 Å². The van der Waals surface area contributed by atoms with Crippen LogP contribution in [0, 0.1) is 18.3 Å². The first-order chi connectivity index (χ1) is 12.8. The van der Waals surface area contributed by atoms with E-state index >= 15 is 0 Å². The van der Waals surface area contributed by atoms with Gasteiger partial charge in [0.25, 0.3) is 5.76 Å². The molecule has 0 bridgehead atoms. The molecule has 3 rings (SSSR count). The van der Waals surface area contributed by atoms with E-state index in [0.29, 0.717) is 0 Å². The van der Waals surface area contributed by atoms with Crippen molar-refractivity contribution in [2.24, 2.45) is 0 Å². The predicted molar refractivity (Wildman–Crippen MR) is 89.8 cm³/mol. The number of ether oxygens (including phenoxy) is 2. The van der Waals surface area contributed by atoms with E-state index in [0.717, 1.165) is 11.6 Å². The Morgan fingerprint density at radius 1 is 1.15 bits per heavy atom. The highest BCUT2D eigenvalue weighted by Crippen LogP contribution is 2.38. The zero-order valence-corrected chi connectivity index (χ0v) is 14.0. The van der Waals surface area contributed by atoms with Crippen LogP contribution in [0.15, 0.2) is 51.7 Å². The third-order valence-corrected chi connectivity index (χ3v) is 3.59. The molecule has 0 saturated heterocycles. The van der Waals surface area contributed by atoms with Gasteiger partial charge in [0.2, 0.25) is 11.2 Å². The summed E-state index contributed by atoms with van der Waals surface area (Å²) in [5.74, 6) is -2.29. The number of rotatable bonds is 4. The average Bonchev–Trinajstić information content (AvgIpc) is 2.61. The number of nitriles is 1. The van der Waals surface area contributed by atoms with Crippen LogP contribution in [0.3, 0.4) is 0 Å². The smallest absolute Gasteiger partial charge is 0.453 e. The van der Waals surface area contributed by atoms with E-state index in [1.54, 1.807) is 25.1 Å². The molecule has 0 amide bonds. The summed E-state index contributed by atoms with van der Waals surface area (Å²) in [7, 11) is 0. The van der Waals surface area contributed by atoms with Crippen LogP contribution in [0.25, 0.3) is 11.0 Å². The summed E-state index contributed by atoms with van der Waals surface area (Å²) < 4.78 is 55.6. The van der Waals surface area contributed by atoms with Crippen molar-refractivity contribution in [1.82, 2.24) is 0 Å². The summed E-state index contributed by atoms with van der Waals surface area (Å²) in [5.41, 5.74) is -0.526. The average molecular weight is 375 g/mol. The second-order valence-electron chi connectivity index (χ2n) is 5.61. The monoisotopic (exact) mass is 375 g/mol. The van der Waals surface area contributed by atoms with Crippen molar-refractivity contribution in [3.05, 3.63) is 64.0 Å². The van der Waals surface area contributed by atoms with Crippen LogP contribution in [0.4, 0.5) is 13.2 Å². The van der Waals surface area contributed by atoms with Crippen molar-refractivity contribution >= 4 is 11.0 Å². The molecule has 5 nitrogen and oxygen atoms in total. The lowest BCUT2D eigenvalue weighted by Crippen LogP contribution is -2.15. The van der Waals surface area contributed by atoms with Crippen molar-refractivity contribution in [2.75, 3.05) is 6.61 Å². The molecular formula is C19H12F3NO4. The van der Waals surface area contributed by atoms with Gasteiger partial charge >= 0.3 is 6.18 Å². The highest BCUT2D eigenvalue weighted by Gasteiger charge is 2.40. The van der Waals surface area contributed by atoms with Gasteiger partial charge in [-0.15, -0.1) is 0 Å². The molecule has 8 heteroatoms. The Hall–Kier alpha value is -3.47. The molecule has 0 N–H and O–H groups in total. The normalized spacial score (nSPS) is 11.2. The summed E-state index contributed by atoms with van der Waals surface area (Å²) in [6, 6.07) is 11.8. The van der Waals surface area contributed by atoms with Gasteiger partial charge in [0.05, 0.1) is 5.39 Å². The second kappa shape index (κ2) is 7.03. The van der Waals surface area contributed by atoms with Crippen LogP contribution in [0.1, 0.15) is 11.3 Å². The lowest BCUT2D eigenvalue weighted by Gasteiger charge is -2.13. The van der Waals surface area contributed by atoms with Crippen LogP contribution in [-0.2, 0) is 6.18 Å². The Morgan fingerprint density at radius 3 is 2.59 bits per heavy atom. The van der Waals surface area contributed by atoms with Crippen LogP contribution < -0.4 is 14.9 Å². The quantitative estimate of drug-likeness (QED) is 0.654. The summed E-state index contributed by atoms with van der Waals surface area (Å²) in [6.07, 6.45) is -4.95. The van der Waals surface area contributed by atoms with Crippen molar-refractivity contribution in [3.63, 3.8) is 0 Å². The molecule has 0 fully saturated rings. The standard InChI is InChI=1S/C19H12F3NO4/c1-11-3-2-4-13(9-11)26-17-16(24)14-6-5-12(25-8-7-23)10-15(14)27-18(17)19(20,21)22/h2-6,9-10H,8H2,1H3. The number of halogens is 3. The number of hydrogen-bond donors (Lipinski definition) is 0. The summed E-state index contributed by atoms with van der Waals surface area (Å²) >= 11 is 0. The van der Waals surface area contributed by atoms with Gasteiger partial charge in [-0.05, 0) is 36.8 Å². The number of aryl methyl sites for hydroxylation is 1. The maximum absolute atomic E-state index is 13.5. The molecule has 1 aromatic heterocycles. The zero-order valence-electron chi connectivity index (χ0n) is 14.0. The van der Waals surface area contributed by atoms with Crippen LogP contribution in [0.5, 0.6) is 17.2 Å². The van der Waals surface area contributed by atoms with Gasteiger partial charge in [-0.2, -0.15) is 18.4 Å². The van der Waals surface area contributed by atoms with E-state index in [9.17, 15) is 18.0 Å². The maximum atomic E-state index is 13.5. The zero-order chi connectivity index (χ0) is 19.6. The minimum absolute atomic E-state index is 0.0844. The number of benzene rings is 2. The Balaban J connectivity index is 2.18. The highest BCUT2D eigenvalue weighted by atomic mass is 19.4. The minimum Gasteiger partial charge on any atom is -0.479 e. The van der Waals surface area contributed by atoms with Crippen molar-refractivity contribution < 1.29 is 27.1 Å².